The Morgan fingerprint density at radius 3 is 1.97 bits per heavy atom. The van der Waals surface area contributed by atoms with Crippen molar-refractivity contribution in [3.63, 3.8) is 0 Å². The van der Waals surface area contributed by atoms with Gasteiger partial charge >= 0.3 is 0 Å². The number of Topliss-reactive ketones (excluding diaryl/α,β-unsaturated/α-hetero) is 2. The molecule has 0 saturated carbocycles. The van der Waals surface area contributed by atoms with Crippen LogP contribution in [-0.2, 0) is 9.59 Å². The first-order chi connectivity index (χ1) is 17.3. The van der Waals surface area contributed by atoms with Gasteiger partial charge in [0.05, 0.1) is 0 Å². The molecule has 2 atom stereocenters. The molecule has 0 heterocycles. The number of aliphatic hydroxyl groups excluding tert-OH is 2. The number of carbonyl (C=O) groups is 2. The van der Waals surface area contributed by atoms with E-state index in [0.29, 0.717) is 12.0 Å². The predicted octanol–water partition coefficient (Wildman–Crippen LogP) is 8.56. The number of hydrogen-bond acceptors (Lipinski definition) is 4. The highest BCUT2D eigenvalue weighted by atomic mass is 16.3. The maximum Gasteiger partial charge on any atom is 0.184 e. The maximum atomic E-state index is 14.4. The lowest BCUT2D eigenvalue weighted by atomic mass is 9.61. The van der Waals surface area contributed by atoms with Crippen LogP contribution < -0.4 is 0 Å². The van der Waals surface area contributed by atoms with Gasteiger partial charge in [0.1, 0.15) is 22.5 Å². The van der Waals surface area contributed by atoms with Gasteiger partial charge in [0.25, 0.3) is 0 Å². The smallest absolute Gasteiger partial charge is 0.184 e. The fourth-order valence-corrected chi connectivity index (χ4v) is 4.54. The lowest BCUT2D eigenvalue weighted by molar-refractivity contribution is -0.138. The number of aliphatic hydroxyl groups is 2. The predicted molar refractivity (Wildman–Crippen MR) is 153 cm³/mol. The Labute approximate surface area is 222 Å². The van der Waals surface area contributed by atoms with E-state index in [2.05, 4.69) is 12.7 Å². The minimum atomic E-state index is -1.47. The van der Waals surface area contributed by atoms with Crippen molar-refractivity contribution >= 4 is 17.3 Å². The van der Waals surface area contributed by atoms with Gasteiger partial charge in [0.15, 0.2) is 11.6 Å². The van der Waals surface area contributed by atoms with Crippen LogP contribution in [0.25, 0.3) is 5.76 Å². The fourth-order valence-electron chi connectivity index (χ4n) is 4.54. The van der Waals surface area contributed by atoms with Crippen LogP contribution in [0, 0.1) is 11.3 Å². The zero-order valence-corrected chi connectivity index (χ0v) is 23.4. The summed E-state index contributed by atoms with van der Waals surface area (Å²) in [4.78, 5) is 28.6. The van der Waals surface area contributed by atoms with Crippen molar-refractivity contribution in [2.75, 3.05) is 0 Å². The van der Waals surface area contributed by atoms with Crippen LogP contribution >= 0.6 is 0 Å². The van der Waals surface area contributed by atoms with Crippen LogP contribution in [0.15, 0.2) is 94.3 Å². The average molecular weight is 503 g/mol. The monoisotopic (exact) mass is 502 g/mol. The van der Waals surface area contributed by atoms with Gasteiger partial charge in [-0.05, 0) is 80.1 Å². The Bertz CT molecular complexity index is 1190. The lowest BCUT2D eigenvalue weighted by Crippen LogP contribution is -2.46. The summed E-state index contributed by atoms with van der Waals surface area (Å²) in [7, 11) is 0. The van der Waals surface area contributed by atoms with Crippen molar-refractivity contribution in [3.8, 4) is 0 Å². The zero-order valence-electron chi connectivity index (χ0n) is 23.4. The first-order valence-corrected chi connectivity index (χ1v) is 12.9. The van der Waals surface area contributed by atoms with Crippen molar-refractivity contribution in [3.05, 3.63) is 99.9 Å². The van der Waals surface area contributed by atoms with Gasteiger partial charge in [-0.1, -0.05) is 77.4 Å². The molecule has 0 aliphatic heterocycles. The number of carbonyl (C=O) groups excluding carboxylic acids is 2. The molecule has 37 heavy (non-hydrogen) atoms. The highest BCUT2D eigenvalue weighted by Crippen LogP contribution is 2.47. The largest absolute Gasteiger partial charge is 0.507 e. The van der Waals surface area contributed by atoms with Gasteiger partial charge in [-0.2, -0.15) is 0 Å². The molecule has 4 heteroatoms. The molecule has 0 spiro atoms. The van der Waals surface area contributed by atoms with Crippen LogP contribution in [0.5, 0.6) is 0 Å². The zero-order chi connectivity index (χ0) is 27.9. The minimum absolute atomic E-state index is 0.126. The van der Waals surface area contributed by atoms with E-state index in [9.17, 15) is 19.8 Å². The number of benzene rings is 1. The first kappa shape index (κ1) is 29.8. The second-order valence-electron chi connectivity index (χ2n) is 10.9. The number of allylic oxidation sites excluding steroid dienone is 9. The van der Waals surface area contributed by atoms with E-state index in [1.54, 1.807) is 24.3 Å². The van der Waals surface area contributed by atoms with Crippen LogP contribution in [0.3, 0.4) is 0 Å². The van der Waals surface area contributed by atoms with Crippen molar-refractivity contribution in [2.45, 2.75) is 74.1 Å². The third kappa shape index (κ3) is 7.09. The van der Waals surface area contributed by atoms with Crippen LogP contribution in [0.4, 0.5) is 0 Å². The summed E-state index contributed by atoms with van der Waals surface area (Å²) < 4.78 is 0. The molecular formula is C33H42O4. The quantitative estimate of drug-likeness (QED) is 0.145. The lowest BCUT2D eigenvalue weighted by Gasteiger charge is -2.38. The molecule has 0 fully saturated rings. The van der Waals surface area contributed by atoms with Gasteiger partial charge in [0, 0.05) is 11.1 Å². The van der Waals surface area contributed by atoms with E-state index in [1.165, 1.54) is 0 Å². The Morgan fingerprint density at radius 1 is 0.892 bits per heavy atom. The fraction of sp³-hybridized carbons (Fsp3) is 0.394. The summed E-state index contributed by atoms with van der Waals surface area (Å²) in [5, 5.41) is 22.6. The molecule has 4 nitrogen and oxygen atoms in total. The summed E-state index contributed by atoms with van der Waals surface area (Å²) in [5.41, 5.74) is 2.92. The van der Waals surface area contributed by atoms with Gasteiger partial charge in [-0.3, -0.25) is 9.59 Å². The molecule has 1 aliphatic rings. The van der Waals surface area contributed by atoms with E-state index in [0.717, 1.165) is 22.3 Å². The topological polar surface area (TPSA) is 74.6 Å². The maximum absolute atomic E-state index is 14.4. The highest BCUT2D eigenvalue weighted by molar-refractivity contribution is 6.26. The number of rotatable bonds is 10. The van der Waals surface area contributed by atoms with E-state index >= 15 is 0 Å². The normalized spacial score (nSPS) is 19.8. The second kappa shape index (κ2) is 12.7. The Balaban J connectivity index is 2.89. The molecule has 2 unspecified atom stereocenters. The van der Waals surface area contributed by atoms with Crippen molar-refractivity contribution in [1.82, 2.24) is 0 Å². The van der Waals surface area contributed by atoms with Crippen molar-refractivity contribution in [1.29, 1.82) is 0 Å². The summed E-state index contributed by atoms with van der Waals surface area (Å²) >= 11 is 0. The molecule has 0 aromatic heterocycles. The molecule has 0 amide bonds. The van der Waals surface area contributed by atoms with Crippen LogP contribution in [-0.4, -0.2) is 21.8 Å². The van der Waals surface area contributed by atoms with Crippen LogP contribution in [0.2, 0.25) is 0 Å². The van der Waals surface area contributed by atoms with E-state index < -0.39 is 17.0 Å². The molecule has 0 bridgehead atoms. The van der Waals surface area contributed by atoms with Gasteiger partial charge in [-0.15, -0.1) is 0 Å². The minimum Gasteiger partial charge on any atom is -0.507 e. The Morgan fingerprint density at radius 2 is 1.46 bits per heavy atom. The Hall–Kier alpha value is -3.40. The third-order valence-electron chi connectivity index (χ3n) is 6.85. The number of ketones is 2. The molecule has 1 aromatic carbocycles. The second-order valence-corrected chi connectivity index (χ2v) is 10.9. The molecule has 0 saturated heterocycles. The molecule has 198 valence electrons. The van der Waals surface area contributed by atoms with E-state index in [1.807, 2.05) is 66.7 Å². The molecule has 2 rings (SSSR count). The van der Waals surface area contributed by atoms with Gasteiger partial charge < -0.3 is 10.2 Å². The van der Waals surface area contributed by atoms with Gasteiger partial charge in [-0.25, -0.2) is 0 Å². The summed E-state index contributed by atoms with van der Waals surface area (Å²) in [6, 6.07) is 8.67. The SMILES string of the molecule is C=C(C)C(CC=C(C)C)CC1(CC=C(C)C)C(=O)C(CC=C(C)C)=C(O)/C(=C(/O)c2ccccc2)C1=O. The summed E-state index contributed by atoms with van der Waals surface area (Å²) in [5.74, 6) is -1.80. The Kier molecular flexibility index (Phi) is 10.2. The van der Waals surface area contributed by atoms with Gasteiger partial charge in [0.2, 0.25) is 0 Å². The van der Waals surface area contributed by atoms with E-state index in [-0.39, 0.29) is 47.9 Å². The molecule has 0 radical (unpaired) electrons. The standard InChI is InChI=1S/C33H42O4/c1-21(2)14-16-26(24(7)8)20-33(19-18-23(5)6)31(36)27(17-15-22(3)4)30(35)28(32(33)37)29(34)25-12-10-9-11-13-25/h9-15,18,26,34-35H,7,16-17,19-20H2,1-6,8H3/b29-28-. The average Bonchev–Trinajstić information content (AvgIpc) is 2.83. The first-order valence-electron chi connectivity index (χ1n) is 12.9. The molecule has 2 N–H and O–H groups in total. The highest BCUT2D eigenvalue weighted by Gasteiger charge is 2.53. The molecule has 1 aliphatic carbocycles. The van der Waals surface area contributed by atoms with E-state index in [4.69, 9.17) is 0 Å². The molecule has 1 aromatic rings. The number of hydrogen-bond donors (Lipinski definition) is 2. The van der Waals surface area contributed by atoms with Crippen molar-refractivity contribution in [2.24, 2.45) is 11.3 Å². The summed E-state index contributed by atoms with van der Waals surface area (Å²) in [6.07, 6.45) is 7.12. The molecular weight excluding hydrogens is 460 g/mol. The van der Waals surface area contributed by atoms with Crippen molar-refractivity contribution < 1.29 is 19.8 Å². The third-order valence-corrected chi connectivity index (χ3v) is 6.85. The summed E-state index contributed by atoms with van der Waals surface area (Å²) in [6.45, 7) is 17.8. The van der Waals surface area contributed by atoms with Crippen LogP contribution in [0.1, 0.15) is 79.7 Å².